The molecule has 31 heavy (non-hydrogen) atoms. The Morgan fingerprint density at radius 2 is 1.87 bits per heavy atom. The summed E-state index contributed by atoms with van der Waals surface area (Å²) in [7, 11) is 1.42. The number of nitro benzene ring substituents is 1. The zero-order chi connectivity index (χ0) is 22.4. The molecule has 164 valence electrons. The van der Waals surface area contributed by atoms with E-state index >= 15 is 0 Å². The second kappa shape index (κ2) is 10.1. The van der Waals surface area contributed by atoms with E-state index in [-0.39, 0.29) is 29.7 Å². The van der Waals surface area contributed by atoms with Crippen LogP contribution in [0.1, 0.15) is 31.0 Å². The van der Waals surface area contributed by atoms with Gasteiger partial charge in [-0.1, -0.05) is 42.5 Å². The number of aliphatic imine (C=N–C) groups is 1. The van der Waals surface area contributed by atoms with Gasteiger partial charge in [-0.05, 0) is 31.4 Å². The van der Waals surface area contributed by atoms with E-state index < -0.39 is 4.92 Å². The van der Waals surface area contributed by atoms with E-state index in [0.717, 1.165) is 17.1 Å². The second-order valence-electron chi connectivity index (χ2n) is 7.49. The van der Waals surface area contributed by atoms with Crippen LogP contribution in [0.15, 0.2) is 59.6 Å². The molecule has 3 atom stereocenters. The minimum Gasteiger partial charge on any atom is -0.469 e. The van der Waals surface area contributed by atoms with Crippen molar-refractivity contribution in [1.82, 2.24) is 10.2 Å². The predicted octanol–water partition coefficient (Wildman–Crippen LogP) is 3.34. The van der Waals surface area contributed by atoms with Crippen molar-refractivity contribution in [3.8, 4) is 0 Å². The second-order valence-corrected chi connectivity index (χ2v) is 7.49. The quantitative estimate of drug-likeness (QED) is 0.416. The van der Waals surface area contributed by atoms with Crippen LogP contribution in [0.5, 0.6) is 0 Å². The van der Waals surface area contributed by atoms with Crippen molar-refractivity contribution in [3.05, 3.63) is 75.8 Å². The first-order valence-electron chi connectivity index (χ1n) is 10.4. The number of non-ortho nitro benzene ring substituents is 1. The summed E-state index contributed by atoms with van der Waals surface area (Å²) in [5.41, 5.74) is 2.06. The lowest BCUT2D eigenvalue weighted by atomic mass is 9.85. The first kappa shape index (κ1) is 22.3. The third-order valence-electron chi connectivity index (χ3n) is 5.71. The molecule has 1 saturated heterocycles. The molecular weight excluding hydrogens is 396 g/mol. The average Bonchev–Trinajstić information content (AvgIpc) is 2.79. The van der Waals surface area contributed by atoms with Gasteiger partial charge < -0.3 is 15.0 Å². The number of rotatable bonds is 7. The van der Waals surface area contributed by atoms with Gasteiger partial charge in [0.15, 0.2) is 5.96 Å². The van der Waals surface area contributed by atoms with Crippen molar-refractivity contribution in [2.75, 3.05) is 20.2 Å². The maximum atomic E-state index is 12.6. The summed E-state index contributed by atoms with van der Waals surface area (Å²) in [6, 6.07) is 16.0. The molecule has 1 N–H and O–H groups in total. The van der Waals surface area contributed by atoms with Gasteiger partial charge in [0.05, 0.1) is 18.1 Å². The number of nitro groups is 1. The van der Waals surface area contributed by atoms with E-state index in [0.29, 0.717) is 19.5 Å². The monoisotopic (exact) mass is 424 g/mol. The van der Waals surface area contributed by atoms with Gasteiger partial charge in [0, 0.05) is 31.3 Å². The zero-order valence-corrected chi connectivity index (χ0v) is 18.0. The predicted molar refractivity (Wildman–Crippen MR) is 119 cm³/mol. The highest BCUT2D eigenvalue weighted by atomic mass is 16.6. The highest BCUT2D eigenvalue weighted by Gasteiger charge is 2.43. The Labute approximate surface area is 182 Å². The van der Waals surface area contributed by atoms with Crippen molar-refractivity contribution in [2.24, 2.45) is 10.9 Å². The van der Waals surface area contributed by atoms with E-state index in [1.54, 1.807) is 12.1 Å². The molecule has 8 heteroatoms. The summed E-state index contributed by atoms with van der Waals surface area (Å²) >= 11 is 0. The number of nitrogens with zero attached hydrogens (tertiary/aromatic N) is 3. The van der Waals surface area contributed by atoms with Gasteiger partial charge in [-0.25, -0.2) is 0 Å². The number of methoxy groups -OCH3 is 1. The van der Waals surface area contributed by atoms with Crippen molar-refractivity contribution < 1.29 is 14.5 Å². The van der Waals surface area contributed by atoms with Crippen LogP contribution < -0.4 is 5.32 Å². The molecule has 8 nitrogen and oxygen atoms in total. The zero-order valence-electron chi connectivity index (χ0n) is 18.0. The molecule has 1 fully saturated rings. The molecule has 0 aliphatic carbocycles. The Hall–Kier alpha value is -3.42. The number of carbonyl (C=O) groups is 1. The van der Waals surface area contributed by atoms with Gasteiger partial charge >= 0.3 is 5.97 Å². The van der Waals surface area contributed by atoms with Gasteiger partial charge in [-0.2, -0.15) is 0 Å². The number of esters is 1. The van der Waals surface area contributed by atoms with E-state index in [2.05, 4.69) is 10.2 Å². The Bertz CT molecular complexity index is 930. The lowest BCUT2D eigenvalue weighted by molar-refractivity contribution is -0.384. The van der Waals surface area contributed by atoms with E-state index in [1.165, 1.54) is 19.2 Å². The van der Waals surface area contributed by atoms with Gasteiger partial charge in [0.25, 0.3) is 5.69 Å². The minimum atomic E-state index is -0.405. The van der Waals surface area contributed by atoms with Crippen molar-refractivity contribution in [2.45, 2.75) is 32.4 Å². The number of guanidine groups is 1. The maximum Gasteiger partial charge on any atom is 0.313 e. The van der Waals surface area contributed by atoms with Crippen molar-refractivity contribution >= 4 is 17.6 Å². The maximum absolute atomic E-state index is 12.6. The molecule has 0 amide bonds. The van der Waals surface area contributed by atoms with Crippen LogP contribution in [-0.4, -0.2) is 48.0 Å². The summed E-state index contributed by atoms with van der Waals surface area (Å²) in [6.07, 6.45) is 0.658. The van der Waals surface area contributed by atoms with Crippen LogP contribution in [-0.2, 0) is 16.0 Å². The van der Waals surface area contributed by atoms with E-state index in [9.17, 15) is 14.9 Å². The minimum absolute atomic E-state index is 0.0783. The molecule has 1 aliphatic heterocycles. The number of ether oxygens (including phenoxy) is 1. The average molecular weight is 425 g/mol. The SMILES string of the molecule is CCN1C(=NCCc2ccc([N+](=O)[O-])cc2)N[C@@H](c2ccccc2)[C@H](C(=O)OC)[C@H]1C. The number of nitrogens with one attached hydrogen (secondary N) is 1. The van der Waals surface area contributed by atoms with Crippen molar-refractivity contribution in [3.63, 3.8) is 0 Å². The van der Waals surface area contributed by atoms with Crippen LogP contribution in [0.25, 0.3) is 0 Å². The third kappa shape index (κ3) is 5.02. The molecule has 0 saturated carbocycles. The highest BCUT2D eigenvalue weighted by molar-refractivity contribution is 5.85. The molecule has 0 aromatic heterocycles. The first-order chi connectivity index (χ1) is 15.0. The fraction of sp³-hybridized carbons (Fsp3) is 0.391. The largest absolute Gasteiger partial charge is 0.469 e. The molecule has 0 bridgehead atoms. The number of hydrogen-bond donors (Lipinski definition) is 1. The molecule has 3 rings (SSSR count). The van der Waals surface area contributed by atoms with Gasteiger partial charge in [-0.3, -0.25) is 19.9 Å². The standard InChI is InChI=1S/C23H28N4O4/c1-4-26-16(2)20(22(28)31-3)21(18-8-6-5-7-9-18)25-23(26)24-15-14-17-10-12-19(13-11-17)27(29)30/h5-13,16,20-21H,4,14-15H2,1-3H3,(H,24,25)/t16-,20-,21+/m1/s1. The number of benzene rings is 2. The summed E-state index contributed by atoms with van der Waals surface area (Å²) < 4.78 is 5.11. The first-order valence-corrected chi connectivity index (χ1v) is 10.4. The fourth-order valence-electron chi connectivity index (χ4n) is 4.05. The third-order valence-corrected chi connectivity index (χ3v) is 5.71. The molecule has 0 spiro atoms. The molecular formula is C23H28N4O4. The number of carbonyl (C=O) groups excluding carboxylic acids is 1. The molecule has 0 radical (unpaired) electrons. The summed E-state index contributed by atoms with van der Waals surface area (Å²) in [5, 5.41) is 14.3. The number of hydrogen-bond acceptors (Lipinski definition) is 5. The van der Waals surface area contributed by atoms with Crippen LogP contribution in [0.2, 0.25) is 0 Å². The molecule has 2 aromatic carbocycles. The van der Waals surface area contributed by atoms with Crippen LogP contribution in [0, 0.1) is 16.0 Å². The summed E-state index contributed by atoms with van der Waals surface area (Å²) in [5.74, 6) is 0.115. The lowest BCUT2D eigenvalue weighted by Crippen LogP contribution is -2.60. The van der Waals surface area contributed by atoms with Crippen molar-refractivity contribution in [1.29, 1.82) is 0 Å². The Kier molecular flexibility index (Phi) is 7.23. The summed E-state index contributed by atoms with van der Waals surface area (Å²) in [6.45, 7) is 5.27. The van der Waals surface area contributed by atoms with E-state index in [1.807, 2.05) is 44.2 Å². The fourth-order valence-corrected chi connectivity index (χ4v) is 4.05. The lowest BCUT2D eigenvalue weighted by Gasteiger charge is -2.45. The smallest absolute Gasteiger partial charge is 0.313 e. The van der Waals surface area contributed by atoms with Gasteiger partial charge in [0.2, 0.25) is 0 Å². The van der Waals surface area contributed by atoms with Crippen LogP contribution in [0.4, 0.5) is 5.69 Å². The normalized spacial score (nSPS) is 22.1. The van der Waals surface area contributed by atoms with Crippen LogP contribution in [0.3, 0.4) is 0 Å². The van der Waals surface area contributed by atoms with E-state index in [4.69, 9.17) is 9.73 Å². The van der Waals surface area contributed by atoms with Crippen LogP contribution >= 0.6 is 0 Å². The molecule has 0 unspecified atom stereocenters. The molecule has 1 aliphatic rings. The van der Waals surface area contributed by atoms with Gasteiger partial charge in [0.1, 0.15) is 5.92 Å². The Morgan fingerprint density at radius 3 is 2.45 bits per heavy atom. The molecule has 2 aromatic rings. The Balaban J connectivity index is 1.81. The topological polar surface area (TPSA) is 97.1 Å². The Morgan fingerprint density at radius 1 is 1.19 bits per heavy atom. The highest BCUT2D eigenvalue weighted by Crippen LogP contribution is 2.32. The van der Waals surface area contributed by atoms with Gasteiger partial charge in [-0.15, -0.1) is 0 Å². The summed E-state index contributed by atoms with van der Waals surface area (Å²) in [4.78, 5) is 29.9. The molecule has 1 heterocycles.